The summed E-state index contributed by atoms with van der Waals surface area (Å²) in [6.45, 7) is 11.2. The first-order valence-electron chi connectivity index (χ1n) is 10.5. The van der Waals surface area contributed by atoms with Crippen molar-refractivity contribution in [3.05, 3.63) is 75.8 Å². The number of pyridine rings is 1. The summed E-state index contributed by atoms with van der Waals surface area (Å²) in [6.07, 6.45) is 4.82. The molecule has 0 unspecified atom stereocenters. The van der Waals surface area contributed by atoms with E-state index in [2.05, 4.69) is 82.2 Å². The van der Waals surface area contributed by atoms with Gasteiger partial charge in [-0.05, 0) is 45.1 Å². The van der Waals surface area contributed by atoms with Crippen molar-refractivity contribution < 1.29 is 4.79 Å². The summed E-state index contributed by atoms with van der Waals surface area (Å²) in [7, 11) is -1.35. The molecule has 31 heavy (non-hydrogen) atoms. The Hall–Kier alpha value is -2.32. The first-order chi connectivity index (χ1) is 14.6. The summed E-state index contributed by atoms with van der Waals surface area (Å²) in [4.78, 5) is 17.4. The molecule has 2 aromatic heterocycles. The highest BCUT2D eigenvalue weighted by Crippen LogP contribution is 2.21. The fraction of sp³-hybridized carbons (Fsp3) is 0.391. The van der Waals surface area contributed by atoms with E-state index >= 15 is 0 Å². The third-order valence-electron chi connectivity index (χ3n) is 4.85. The van der Waals surface area contributed by atoms with Crippen molar-refractivity contribution in [3.63, 3.8) is 0 Å². The molecule has 1 aromatic carbocycles. The minimum absolute atomic E-state index is 0.0771. The molecule has 0 saturated carbocycles. The zero-order valence-electron chi connectivity index (χ0n) is 18.8. The monoisotopic (exact) mass is 499 g/mol. The lowest BCUT2D eigenvalue weighted by molar-refractivity contribution is -0.121. The van der Waals surface area contributed by atoms with E-state index in [9.17, 15) is 4.79 Å². The molecular formula is C23H30BrN5OSi. The molecule has 1 atom stereocenters. The van der Waals surface area contributed by atoms with Gasteiger partial charge in [0.25, 0.3) is 0 Å². The number of aromatic nitrogens is 4. The molecule has 0 aliphatic carbocycles. The van der Waals surface area contributed by atoms with E-state index in [0.717, 1.165) is 21.9 Å². The molecule has 0 bridgehead atoms. The Kier molecular flexibility index (Phi) is 7.43. The quantitative estimate of drug-likeness (QED) is 0.448. The van der Waals surface area contributed by atoms with Gasteiger partial charge in [-0.25, -0.2) is 0 Å². The molecule has 0 fully saturated rings. The maximum Gasteiger partial charge on any atom is 0.225 e. The Bertz CT molecular complexity index is 1010. The van der Waals surface area contributed by atoms with Crippen molar-refractivity contribution >= 4 is 29.9 Å². The van der Waals surface area contributed by atoms with Crippen LogP contribution in [0.1, 0.15) is 48.3 Å². The Balaban J connectivity index is 1.80. The van der Waals surface area contributed by atoms with Gasteiger partial charge < -0.3 is 5.32 Å². The minimum atomic E-state index is -1.35. The lowest BCUT2D eigenvalue weighted by atomic mass is 10.0. The number of hydrogen-bond acceptors (Lipinski definition) is 4. The minimum Gasteiger partial charge on any atom is -0.342 e. The number of hydrogen-bond donors (Lipinski definition) is 1. The molecule has 0 saturated heterocycles. The highest BCUT2D eigenvalue weighted by Gasteiger charge is 2.23. The lowest BCUT2D eigenvalue weighted by Crippen LogP contribution is -2.31. The summed E-state index contributed by atoms with van der Waals surface area (Å²) in [5, 5.41) is 11.8. The summed E-state index contributed by atoms with van der Waals surface area (Å²) in [5.74, 6) is 0.390. The van der Waals surface area contributed by atoms with E-state index in [1.165, 1.54) is 5.56 Å². The molecule has 3 aromatic rings. The fourth-order valence-electron chi connectivity index (χ4n) is 3.28. The van der Waals surface area contributed by atoms with Crippen molar-refractivity contribution in [1.82, 2.24) is 25.3 Å². The van der Waals surface area contributed by atoms with E-state index < -0.39 is 14.1 Å². The smallest absolute Gasteiger partial charge is 0.225 e. The lowest BCUT2D eigenvalue weighted by Gasteiger charge is -2.17. The third kappa shape index (κ3) is 6.83. The standard InChI is InChI=1S/C23H30BrN5OSi/c1-16(2)18-8-6-17(7-9-18)12-22(30)26-23(20-11-10-19(24)13-25-20)21-14-29(28-27-21)15-31(3,4)5/h6-11,13-14,16,23H,12,15H2,1-5H3,(H,26,30)/t23-/m1/s1. The van der Waals surface area contributed by atoms with Gasteiger partial charge in [0.2, 0.25) is 5.91 Å². The van der Waals surface area contributed by atoms with Crippen LogP contribution in [0.25, 0.3) is 0 Å². The Morgan fingerprint density at radius 1 is 1.10 bits per heavy atom. The number of carbonyl (C=O) groups excluding carboxylic acids is 1. The van der Waals surface area contributed by atoms with Crippen LogP contribution in [0.2, 0.25) is 19.6 Å². The number of amides is 1. The van der Waals surface area contributed by atoms with E-state index in [4.69, 9.17) is 0 Å². The van der Waals surface area contributed by atoms with Crippen molar-refractivity contribution in [2.45, 2.75) is 58.0 Å². The summed E-state index contributed by atoms with van der Waals surface area (Å²) < 4.78 is 2.76. The molecule has 8 heteroatoms. The van der Waals surface area contributed by atoms with Gasteiger partial charge in [0.1, 0.15) is 11.7 Å². The van der Waals surface area contributed by atoms with Gasteiger partial charge in [-0.1, -0.05) is 63.0 Å². The Labute approximate surface area is 193 Å². The molecule has 1 amide bonds. The van der Waals surface area contributed by atoms with Crippen LogP contribution in [0.5, 0.6) is 0 Å². The number of nitrogens with zero attached hydrogens (tertiary/aromatic N) is 4. The van der Waals surface area contributed by atoms with Gasteiger partial charge >= 0.3 is 0 Å². The van der Waals surface area contributed by atoms with Crippen molar-refractivity contribution in [2.24, 2.45) is 0 Å². The van der Waals surface area contributed by atoms with Crippen LogP contribution in [-0.4, -0.2) is 34.0 Å². The normalized spacial score (nSPS) is 12.7. The van der Waals surface area contributed by atoms with Crippen LogP contribution in [0.3, 0.4) is 0 Å². The molecule has 0 radical (unpaired) electrons. The van der Waals surface area contributed by atoms with Crippen molar-refractivity contribution in [1.29, 1.82) is 0 Å². The highest BCUT2D eigenvalue weighted by atomic mass is 79.9. The summed E-state index contributed by atoms with van der Waals surface area (Å²) >= 11 is 3.42. The predicted octanol–water partition coefficient (Wildman–Crippen LogP) is 4.88. The maximum absolute atomic E-state index is 12.9. The number of halogens is 1. The van der Waals surface area contributed by atoms with Gasteiger partial charge in [0.15, 0.2) is 0 Å². The molecular weight excluding hydrogens is 470 g/mol. The largest absolute Gasteiger partial charge is 0.342 e. The van der Waals surface area contributed by atoms with Crippen LogP contribution >= 0.6 is 15.9 Å². The van der Waals surface area contributed by atoms with E-state index in [1.807, 2.05) is 35.1 Å². The second-order valence-electron chi connectivity index (χ2n) is 9.38. The molecule has 6 nitrogen and oxygen atoms in total. The molecule has 0 aliphatic rings. The van der Waals surface area contributed by atoms with Crippen LogP contribution < -0.4 is 5.32 Å². The molecule has 3 rings (SSSR count). The zero-order chi connectivity index (χ0) is 22.6. The van der Waals surface area contributed by atoms with Crippen LogP contribution in [0.15, 0.2) is 53.3 Å². The van der Waals surface area contributed by atoms with E-state index in [-0.39, 0.29) is 5.91 Å². The van der Waals surface area contributed by atoms with Crippen LogP contribution in [-0.2, 0) is 17.4 Å². The fourth-order valence-corrected chi connectivity index (χ4v) is 4.65. The molecule has 0 spiro atoms. The summed E-state index contributed by atoms with van der Waals surface area (Å²) in [5.41, 5.74) is 3.66. The molecule has 2 heterocycles. The molecule has 1 N–H and O–H groups in total. The average Bonchev–Trinajstić information content (AvgIpc) is 3.13. The topological polar surface area (TPSA) is 72.7 Å². The van der Waals surface area contributed by atoms with Gasteiger partial charge in [-0.15, -0.1) is 5.10 Å². The average molecular weight is 501 g/mol. The van der Waals surface area contributed by atoms with Crippen LogP contribution in [0, 0.1) is 0 Å². The molecule has 164 valence electrons. The third-order valence-corrected chi connectivity index (χ3v) is 6.59. The number of nitrogens with one attached hydrogen (secondary N) is 1. The van der Waals surface area contributed by atoms with Crippen LogP contribution in [0.4, 0.5) is 0 Å². The molecule has 0 aliphatic heterocycles. The van der Waals surface area contributed by atoms with Crippen molar-refractivity contribution in [3.8, 4) is 0 Å². The Morgan fingerprint density at radius 3 is 2.39 bits per heavy atom. The predicted molar refractivity (Wildman–Crippen MR) is 130 cm³/mol. The van der Waals surface area contributed by atoms with E-state index in [1.54, 1.807) is 6.20 Å². The van der Waals surface area contributed by atoms with Gasteiger partial charge in [-0.2, -0.15) is 0 Å². The Morgan fingerprint density at radius 2 is 1.81 bits per heavy atom. The zero-order valence-corrected chi connectivity index (χ0v) is 21.3. The second-order valence-corrected chi connectivity index (χ2v) is 15.7. The van der Waals surface area contributed by atoms with Gasteiger partial charge in [0.05, 0.1) is 26.4 Å². The van der Waals surface area contributed by atoms with Crippen molar-refractivity contribution in [2.75, 3.05) is 0 Å². The first kappa shape index (κ1) is 23.3. The second kappa shape index (κ2) is 9.87. The summed E-state index contributed by atoms with van der Waals surface area (Å²) in [6, 6.07) is 11.6. The van der Waals surface area contributed by atoms with Gasteiger partial charge in [0, 0.05) is 16.8 Å². The van der Waals surface area contributed by atoms with Gasteiger partial charge in [-0.3, -0.25) is 14.5 Å². The number of benzene rings is 1. The first-order valence-corrected chi connectivity index (χ1v) is 15.0. The highest BCUT2D eigenvalue weighted by molar-refractivity contribution is 9.10. The maximum atomic E-state index is 12.9. The number of carbonyl (C=O) groups is 1. The number of rotatable bonds is 8. The SMILES string of the molecule is CC(C)c1ccc(CC(=O)N[C@H](c2ccc(Br)cn2)c2cn(C[Si](C)(C)C)nn2)cc1. The van der Waals surface area contributed by atoms with E-state index in [0.29, 0.717) is 18.0 Å².